The van der Waals surface area contributed by atoms with Crippen LogP contribution in [0.25, 0.3) is 0 Å². The fourth-order valence-electron chi connectivity index (χ4n) is 4.62. The summed E-state index contributed by atoms with van der Waals surface area (Å²) in [6.07, 6.45) is 4.45. The van der Waals surface area contributed by atoms with Gasteiger partial charge in [0.2, 0.25) is 17.7 Å². The maximum Gasteiger partial charge on any atom is 0.230 e. The Labute approximate surface area is 160 Å². The summed E-state index contributed by atoms with van der Waals surface area (Å²) in [6, 6.07) is 0.589. The zero-order chi connectivity index (χ0) is 18.6. The summed E-state index contributed by atoms with van der Waals surface area (Å²) in [5, 5.41) is 8.01. The van der Waals surface area contributed by atoms with Gasteiger partial charge in [0.1, 0.15) is 0 Å². The van der Waals surface area contributed by atoms with E-state index in [1.807, 2.05) is 11.8 Å². The zero-order valence-corrected chi connectivity index (χ0v) is 16.3. The minimum Gasteiger partial charge on any atom is -0.424 e. The van der Waals surface area contributed by atoms with E-state index in [1.165, 1.54) is 0 Å². The van der Waals surface area contributed by atoms with Crippen LogP contribution in [0, 0.1) is 12.8 Å². The molecular weight excluding hydrogens is 346 g/mol. The molecule has 3 aliphatic heterocycles. The van der Waals surface area contributed by atoms with E-state index in [9.17, 15) is 4.79 Å². The van der Waals surface area contributed by atoms with Gasteiger partial charge in [-0.3, -0.25) is 14.6 Å². The Bertz CT molecular complexity index is 623. The van der Waals surface area contributed by atoms with Gasteiger partial charge in [-0.2, -0.15) is 0 Å². The van der Waals surface area contributed by atoms with Crippen molar-refractivity contribution in [1.82, 2.24) is 24.9 Å². The molecule has 1 aromatic heterocycles. The summed E-state index contributed by atoms with van der Waals surface area (Å²) in [6.45, 7) is 9.57. The highest BCUT2D eigenvalue weighted by molar-refractivity contribution is 5.79. The van der Waals surface area contributed by atoms with Crippen LogP contribution in [0.15, 0.2) is 4.42 Å². The Kier molecular flexibility index (Phi) is 6.04. The van der Waals surface area contributed by atoms with E-state index in [0.29, 0.717) is 36.9 Å². The van der Waals surface area contributed by atoms with Gasteiger partial charge in [-0.1, -0.05) is 0 Å². The monoisotopic (exact) mass is 377 g/mol. The third kappa shape index (κ3) is 4.67. The Morgan fingerprint density at radius 3 is 2.56 bits per heavy atom. The van der Waals surface area contributed by atoms with Crippen LogP contribution >= 0.6 is 0 Å². The largest absolute Gasteiger partial charge is 0.424 e. The maximum atomic E-state index is 12.9. The summed E-state index contributed by atoms with van der Waals surface area (Å²) in [5.41, 5.74) is 0. The number of piperidine rings is 2. The molecule has 0 aliphatic carbocycles. The minimum absolute atomic E-state index is 0.163. The van der Waals surface area contributed by atoms with Crippen molar-refractivity contribution in [3.63, 3.8) is 0 Å². The Morgan fingerprint density at radius 1 is 1.07 bits per heavy atom. The van der Waals surface area contributed by atoms with Crippen molar-refractivity contribution in [3.8, 4) is 0 Å². The van der Waals surface area contributed by atoms with Gasteiger partial charge in [0.15, 0.2) is 0 Å². The lowest BCUT2D eigenvalue weighted by molar-refractivity contribution is -0.142. The van der Waals surface area contributed by atoms with Crippen molar-refractivity contribution in [2.24, 2.45) is 5.92 Å². The van der Waals surface area contributed by atoms with Crippen molar-refractivity contribution >= 4 is 5.91 Å². The molecule has 0 bridgehead atoms. The average molecular weight is 377 g/mol. The molecule has 3 saturated heterocycles. The molecule has 0 N–H and O–H groups in total. The van der Waals surface area contributed by atoms with Crippen molar-refractivity contribution in [2.75, 3.05) is 52.5 Å². The molecule has 1 amide bonds. The summed E-state index contributed by atoms with van der Waals surface area (Å²) in [5.74, 6) is 1.84. The molecule has 8 nitrogen and oxygen atoms in total. The molecule has 1 aromatic rings. The fourth-order valence-corrected chi connectivity index (χ4v) is 4.62. The van der Waals surface area contributed by atoms with Gasteiger partial charge in [-0.25, -0.2) is 0 Å². The van der Waals surface area contributed by atoms with Gasteiger partial charge < -0.3 is 14.1 Å². The molecule has 0 saturated carbocycles. The first kappa shape index (κ1) is 18.8. The molecule has 3 fully saturated rings. The number of aryl methyl sites for hydroxylation is 1. The van der Waals surface area contributed by atoms with Crippen molar-refractivity contribution in [1.29, 1.82) is 0 Å². The lowest BCUT2D eigenvalue weighted by Crippen LogP contribution is -2.52. The molecule has 0 aromatic carbocycles. The van der Waals surface area contributed by atoms with Gasteiger partial charge in [0, 0.05) is 45.7 Å². The number of nitrogens with zero attached hydrogens (tertiary/aromatic N) is 5. The van der Waals surface area contributed by atoms with Crippen LogP contribution in [0.2, 0.25) is 0 Å². The first-order chi connectivity index (χ1) is 13.2. The van der Waals surface area contributed by atoms with Gasteiger partial charge >= 0.3 is 0 Å². The van der Waals surface area contributed by atoms with Crippen LogP contribution in [0.5, 0.6) is 0 Å². The first-order valence-electron chi connectivity index (χ1n) is 10.3. The Balaban J connectivity index is 1.26. The quantitative estimate of drug-likeness (QED) is 0.772. The number of rotatable bonds is 4. The van der Waals surface area contributed by atoms with Crippen LogP contribution in [0.3, 0.4) is 0 Å². The lowest BCUT2D eigenvalue weighted by atomic mass is 9.92. The summed E-state index contributed by atoms with van der Waals surface area (Å²) in [7, 11) is 0. The van der Waals surface area contributed by atoms with Crippen LogP contribution in [-0.4, -0.2) is 89.3 Å². The van der Waals surface area contributed by atoms with Crippen LogP contribution in [-0.2, 0) is 16.1 Å². The second-order valence-electron chi connectivity index (χ2n) is 7.99. The van der Waals surface area contributed by atoms with E-state index in [-0.39, 0.29) is 5.92 Å². The highest BCUT2D eigenvalue weighted by Crippen LogP contribution is 2.26. The number of hydrogen-bond donors (Lipinski definition) is 0. The third-order valence-corrected chi connectivity index (χ3v) is 6.13. The van der Waals surface area contributed by atoms with Gasteiger partial charge in [-0.15, -0.1) is 10.2 Å². The molecule has 0 radical (unpaired) electrons. The van der Waals surface area contributed by atoms with E-state index in [4.69, 9.17) is 9.15 Å². The SMILES string of the molecule is Cc1nnc(CN2CCC(N3CCC[C@@H](C(=O)N4CCOCC4)C3)CC2)o1. The van der Waals surface area contributed by atoms with E-state index in [1.54, 1.807) is 0 Å². The average Bonchev–Trinajstić information content (AvgIpc) is 3.13. The summed E-state index contributed by atoms with van der Waals surface area (Å²) < 4.78 is 10.9. The number of likely N-dealkylation sites (tertiary alicyclic amines) is 2. The molecular formula is C19H31N5O3. The molecule has 0 spiro atoms. The number of ether oxygens (including phenoxy) is 1. The van der Waals surface area contributed by atoms with Crippen molar-refractivity contribution in [2.45, 2.75) is 45.2 Å². The molecule has 3 aliphatic rings. The topological polar surface area (TPSA) is 74.9 Å². The second-order valence-corrected chi connectivity index (χ2v) is 7.99. The smallest absolute Gasteiger partial charge is 0.230 e. The van der Waals surface area contributed by atoms with Crippen molar-refractivity contribution < 1.29 is 13.9 Å². The third-order valence-electron chi connectivity index (χ3n) is 6.13. The first-order valence-corrected chi connectivity index (χ1v) is 10.3. The van der Waals surface area contributed by atoms with E-state index in [2.05, 4.69) is 20.0 Å². The van der Waals surface area contributed by atoms with Gasteiger partial charge in [0.05, 0.1) is 25.7 Å². The summed E-state index contributed by atoms with van der Waals surface area (Å²) >= 11 is 0. The number of hydrogen-bond acceptors (Lipinski definition) is 7. The second kappa shape index (κ2) is 8.67. The maximum absolute atomic E-state index is 12.9. The lowest BCUT2D eigenvalue weighted by Gasteiger charge is -2.42. The normalized spacial score (nSPS) is 26.4. The Morgan fingerprint density at radius 2 is 1.85 bits per heavy atom. The molecule has 27 heavy (non-hydrogen) atoms. The molecule has 1 atom stereocenters. The molecule has 4 heterocycles. The molecule has 4 rings (SSSR count). The number of carbonyl (C=O) groups excluding carboxylic acids is 1. The van der Waals surface area contributed by atoms with Gasteiger partial charge in [-0.05, 0) is 32.2 Å². The van der Waals surface area contributed by atoms with Crippen LogP contribution in [0.1, 0.15) is 37.5 Å². The standard InChI is InChI=1S/C19H31N5O3/c1-15-20-21-18(27-15)14-22-7-4-17(5-8-22)24-6-2-3-16(13-24)19(25)23-9-11-26-12-10-23/h16-17H,2-14H2,1H3/t16-/m1/s1. The predicted octanol–water partition coefficient (Wildman–Crippen LogP) is 0.913. The summed E-state index contributed by atoms with van der Waals surface area (Å²) in [4.78, 5) is 19.8. The highest BCUT2D eigenvalue weighted by atomic mass is 16.5. The molecule has 0 unspecified atom stereocenters. The Hall–Kier alpha value is -1.51. The van der Waals surface area contributed by atoms with E-state index < -0.39 is 0 Å². The fraction of sp³-hybridized carbons (Fsp3) is 0.842. The molecule has 150 valence electrons. The highest BCUT2D eigenvalue weighted by Gasteiger charge is 2.34. The van der Waals surface area contributed by atoms with Gasteiger partial charge in [0.25, 0.3) is 0 Å². The van der Waals surface area contributed by atoms with E-state index >= 15 is 0 Å². The number of carbonyl (C=O) groups is 1. The minimum atomic E-state index is 0.163. The number of amides is 1. The molecule has 8 heteroatoms. The number of aromatic nitrogens is 2. The van der Waals surface area contributed by atoms with Crippen LogP contribution < -0.4 is 0 Å². The van der Waals surface area contributed by atoms with Crippen molar-refractivity contribution in [3.05, 3.63) is 11.8 Å². The van der Waals surface area contributed by atoms with E-state index in [0.717, 1.165) is 71.5 Å². The zero-order valence-electron chi connectivity index (χ0n) is 16.3. The van der Waals surface area contributed by atoms with Crippen LogP contribution in [0.4, 0.5) is 0 Å². The predicted molar refractivity (Wildman–Crippen MR) is 99.0 cm³/mol. The number of morpholine rings is 1.